The molecule has 2 rings (SSSR count). The molecule has 274 valence electrons. The highest BCUT2D eigenvalue weighted by atomic mass is 31.2. The van der Waals surface area contributed by atoms with Crippen LogP contribution in [0.15, 0.2) is 54.6 Å². The van der Waals surface area contributed by atoms with Crippen LogP contribution < -0.4 is 4.89 Å². The Morgan fingerprint density at radius 3 is 1.84 bits per heavy atom. The molecule has 2 aromatic carbocycles. The lowest BCUT2D eigenvalue weighted by Crippen LogP contribution is -2.37. The smallest absolute Gasteiger partial charge is 0.338 e. The van der Waals surface area contributed by atoms with E-state index in [1.165, 1.54) is 75.6 Å². The van der Waals surface area contributed by atoms with E-state index in [1.54, 1.807) is 30.3 Å². The molecule has 2 atom stereocenters. The summed E-state index contributed by atoms with van der Waals surface area (Å²) in [5.74, 6) is -1.89. The molecule has 0 saturated carbocycles. The Bertz CT molecular complexity index is 1550. The third-order valence-electron chi connectivity index (χ3n) is 7.70. The summed E-state index contributed by atoms with van der Waals surface area (Å²) in [4.78, 5) is 51.2. The van der Waals surface area contributed by atoms with Crippen LogP contribution in [-0.4, -0.2) is 75.6 Å². The first-order valence-corrected chi connectivity index (χ1v) is 18.7. The maximum Gasteiger partial charge on any atom is 0.338 e. The predicted octanol–water partition coefficient (Wildman–Crippen LogP) is 7.68. The topological polar surface area (TPSA) is 128 Å². The zero-order valence-corrected chi connectivity index (χ0v) is 29.5. The molecule has 0 bridgehead atoms. The fourth-order valence-electron chi connectivity index (χ4n) is 4.90. The highest BCUT2D eigenvalue weighted by Crippen LogP contribution is 2.38. The summed E-state index contributed by atoms with van der Waals surface area (Å²) in [6, 6.07) is 13.9. The predicted molar refractivity (Wildman–Crippen MR) is 189 cm³/mol. The second-order valence-corrected chi connectivity index (χ2v) is 13.5. The molecule has 0 aliphatic heterocycles. The number of quaternary nitrogens is 1. The number of nitrogens with zero attached hydrogens (tertiary/aromatic N) is 1. The Morgan fingerprint density at radius 2 is 1.27 bits per heavy atom. The van der Waals surface area contributed by atoms with Crippen molar-refractivity contribution >= 4 is 25.5 Å². The van der Waals surface area contributed by atoms with E-state index in [0.29, 0.717) is 12.0 Å². The number of rotatable bonds is 27. The summed E-state index contributed by atoms with van der Waals surface area (Å²) in [6.45, 7) is -12.7. The van der Waals surface area contributed by atoms with Crippen LogP contribution in [0.1, 0.15) is 135 Å². The molecule has 0 radical (unpaired) electrons. The molecule has 0 spiro atoms. The zero-order chi connectivity index (χ0) is 43.5. The summed E-state index contributed by atoms with van der Waals surface area (Å²) in [7, 11) is -5.42. The van der Waals surface area contributed by atoms with E-state index in [2.05, 4.69) is 11.4 Å². The standard InChI is InChI=1S/C38H58NO9P/c1-5-6-7-8-9-10-11-12-13-14-15-16-20-23-36(40)45-30-35(31-47-49(43,44)46-29-28-39(2,3)4)48-38(42)34-26-24-33(25-27-34)37(41)32-21-18-17-19-22-32/h17-19,21-22,24-27,35H,5-16,20,23,28-31H2,1-4H3/t35-/m1/s1/i2T3,3T3,4T3. The van der Waals surface area contributed by atoms with Crippen LogP contribution in [-0.2, 0) is 27.9 Å². The average molecular weight is 722 g/mol. The van der Waals surface area contributed by atoms with E-state index in [4.69, 9.17) is 26.3 Å². The number of benzene rings is 2. The second-order valence-electron chi connectivity index (χ2n) is 12.1. The minimum atomic E-state index is -5.42. The van der Waals surface area contributed by atoms with Crippen LogP contribution in [0.2, 0.25) is 0 Å². The highest BCUT2D eigenvalue weighted by Gasteiger charge is 2.23. The average Bonchev–Trinajstić information content (AvgIpc) is 3.14. The molecular formula is C38H58NO9P. The summed E-state index contributed by atoms with van der Waals surface area (Å²) in [6.07, 6.45) is 13.1. The van der Waals surface area contributed by atoms with Gasteiger partial charge in [-0.05, 0) is 18.6 Å². The van der Waals surface area contributed by atoms with Gasteiger partial charge in [0.1, 0.15) is 19.8 Å². The van der Waals surface area contributed by atoms with Crippen molar-refractivity contribution in [2.45, 2.75) is 103 Å². The summed E-state index contributed by atoms with van der Waals surface area (Å²) >= 11 is 0. The number of phosphoric ester groups is 1. The first kappa shape index (κ1) is 29.8. The Labute approximate surface area is 306 Å². The van der Waals surface area contributed by atoms with Gasteiger partial charge >= 0.3 is 11.9 Å². The Kier molecular flexibility index (Phi) is 14.3. The largest absolute Gasteiger partial charge is 0.756 e. The van der Waals surface area contributed by atoms with Crippen LogP contribution >= 0.6 is 7.82 Å². The lowest BCUT2D eigenvalue weighted by atomic mass is 10.0. The molecule has 11 heteroatoms. The van der Waals surface area contributed by atoms with Crippen molar-refractivity contribution < 1.29 is 59.2 Å². The maximum atomic E-state index is 13.1. The number of ketones is 1. The van der Waals surface area contributed by atoms with Gasteiger partial charge in [0, 0.05) is 17.5 Å². The number of hydrogen-bond donors (Lipinski definition) is 0. The number of carbonyl (C=O) groups is 3. The molecule has 0 saturated heterocycles. The molecule has 2 aromatic rings. The molecule has 0 aromatic heterocycles. The van der Waals surface area contributed by atoms with Crippen molar-refractivity contribution in [3.05, 3.63) is 71.3 Å². The summed E-state index contributed by atoms with van der Waals surface area (Å²) in [5, 5.41) is 0. The fraction of sp³-hybridized carbons (Fsp3) is 0.605. The number of esters is 2. The van der Waals surface area contributed by atoms with E-state index in [1.807, 2.05) is 0 Å². The van der Waals surface area contributed by atoms with Crippen molar-refractivity contribution in [3.8, 4) is 0 Å². The van der Waals surface area contributed by atoms with Crippen LogP contribution in [0.5, 0.6) is 0 Å². The molecular weight excluding hydrogens is 645 g/mol. The van der Waals surface area contributed by atoms with E-state index in [0.717, 1.165) is 25.7 Å². The highest BCUT2D eigenvalue weighted by molar-refractivity contribution is 7.45. The number of unbranched alkanes of at least 4 members (excludes halogenated alkanes) is 12. The van der Waals surface area contributed by atoms with E-state index >= 15 is 0 Å². The van der Waals surface area contributed by atoms with Gasteiger partial charge in [0.05, 0.1) is 45.4 Å². The Hall–Kier alpha value is -2.88. The second kappa shape index (κ2) is 23.5. The van der Waals surface area contributed by atoms with Crippen molar-refractivity contribution in [3.63, 3.8) is 0 Å². The summed E-state index contributed by atoms with van der Waals surface area (Å²) in [5.41, 5.74) is 0.689. The molecule has 0 N–H and O–H groups in total. The Morgan fingerprint density at radius 1 is 0.735 bits per heavy atom. The van der Waals surface area contributed by atoms with Gasteiger partial charge in [-0.15, -0.1) is 0 Å². The Balaban J connectivity index is 2.01. The number of carbonyl (C=O) groups excluding carboxylic acids is 3. The van der Waals surface area contributed by atoms with Crippen LogP contribution in [0.4, 0.5) is 0 Å². The zero-order valence-electron chi connectivity index (χ0n) is 37.6. The van der Waals surface area contributed by atoms with Crippen molar-refractivity contribution in [1.82, 2.24) is 0 Å². The summed E-state index contributed by atoms with van der Waals surface area (Å²) < 4.78 is 99.6. The number of ether oxygens (including phenoxy) is 2. The van der Waals surface area contributed by atoms with Gasteiger partial charge in [-0.1, -0.05) is 126 Å². The van der Waals surface area contributed by atoms with Crippen LogP contribution in [0.3, 0.4) is 0 Å². The maximum absolute atomic E-state index is 13.1. The minimum absolute atomic E-state index is 0.0254. The fourth-order valence-corrected chi connectivity index (χ4v) is 5.62. The van der Waals surface area contributed by atoms with Crippen LogP contribution in [0.25, 0.3) is 0 Å². The lowest BCUT2D eigenvalue weighted by molar-refractivity contribution is -0.870. The normalized spacial score (nSPS) is 16.9. The van der Waals surface area contributed by atoms with Crippen molar-refractivity contribution in [1.29, 1.82) is 0 Å². The van der Waals surface area contributed by atoms with Crippen LogP contribution in [0, 0.1) is 0 Å². The number of phosphoric acid groups is 1. The first-order valence-electron chi connectivity index (χ1n) is 21.7. The van der Waals surface area contributed by atoms with E-state index in [9.17, 15) is 23.8 Å². The van der Waals surface area contributed by atoms with Crippen molar-refractivity contribution in [2.75, 3.05) is 47.3 Å². The van der Waals surface area contributed by atoms with E-state index in [-0.39, 0.29) is 23.3 Å². The van der Waals surface area contributed by atoms with Gasteiger partial charge in [-0.3, -0.25) is 14.2 Å². The third-order valence-corrected chi connectivity index (χ3v) is 8.67. The molecule has 0 fully saturated rings. The molecule has 49 heavy (non-hydrogen) atoms. The van der Waals surface area contributed by atoms with Crippen molar-refractivity contribution in [2.24, 2.45) is 0 Å². The monoisotopic (exact) mass is 721 g/mol. The van der Waals surface area contributed by atoms with Gasteiger partial charge in [0.15, 0.2) is 11.9 Å². The molecule has 1 unspecified atom stereocenters. The lowest BCUT2D eigenvalue weighted by Gasteiger charge is -2.28. The molecule has 10 nitrogen and oxygen atoms in total. The molecule has 0 aliphatic rings. The number of hydrogen-bond acceptors (Lipinski definition) is 9. The van der Waals surface area contributed by atoms with Gasteiger partial charge in [0.25, 0.3) is 7.82 Å². The number of likely N-dealkylation sites (N-methyl/N-ethyl adjacent to an activating group) is 1. The molecule has 0 aliphatic carbocycles. The minimum Gasteiger partial charge on any atom is -0.756 e. The third kappa shape index (κ3) is 19.8. The first-order chi connectivity index (χ1) is 27.1. The van der Waals surface area contributed by atoms with Gasteiger partial charge in [-0.2, -0.15) is 0 Å². The molecule has 0 amide bonds. The quantitative estimate of drug-likeness (QED) is 0.0300. The molecule has 0 heterocycles. The van der Waals surface area contributed by atoms with Gasteiger partial charge in [0.2, 0.25) is 0 Å². The SMILES string of the molecule is [3H]C([3H])([3H])[N+](CCOP(=O)([O-])OC[C@@H](COC(=O)CCCCCCCCCCCCCCC)OC(=O)c1ccc(C(=O)c2ccccc2)cc1)(C([3H])([3H])[3H])C([3H])([3H])[3H]. The van der Waals surface area contributed by atoms with Gasteiger partial charge in [-0.25, -0.2) is 4.79 Å². The van der Waals surface area contributed by atoms with Gasteiger partial charge < -0.3 is 27.9 Å². The van der Waals surface area contributed by atoms with E-state index < -0.39 is 77.6 Å².